The quantitative estimate of drug-likeness (QED) is 0.433. The zero-order valence-electron chi connectivity index (χ0n) is 21.2. The minimum Gasteiger partial charge on any atom is -0.496 e. The van der Waals surface area contributed by atoms with Crippen molar-refractivity contribution in [3.05, 3.63) is 90.1 Å². The van der Waals surface area contributed by atoms with Crippen LogP contribution in [-0.4, -0.2) is 30.9 Å². The van der Waals surface area contributed by atoms with E-state index in [1.165, 1.54) is 11.3 Å². The van der Waals surface area contributed by atoms with Crippen LogP contribution in [0.15, 0.2) is 63.5 Å². The van der Waals surface area contributed by atoms with Crippen LogP contribution in [-0.2, 0) is 9.53 Å². The van der Waals surface area contributed by atoms with Crippen LogP contribution in [0.5, 0.6) is 11.5 Å². The lowest BCUT2D eigenvalue weighted by atomic mass is 9.95. The number of thiazole rings is 1. The third kappa shape index (κ3) is 4.86. The minimum atomic E-state index is -0.719. The summed E-state index contributed by atoms with van der Waals surface area (Å²) in [5.74, 6) is 0.877. The average Bonchev–Trinajstić information content (AvgIpc) is 3.17. The Kier molecular flexibility index (Phi) is 7.74. The van der Waals surface area contributed by atoms with Crippen molar-refractivity contribution in [1.29, 1.82) is 0 Å². The van der Waals surface area contributed by atoms with E-state index in [2.05, 4.69) is 4.99 Å². The van der Waals surface area contributed by atoms with Gasteiger partial charge in [-0.15, -0.1) is 0 Å². The summed E-state index contributed by atoms with van der Waals surface area (Å²) in [7, 11) is 1.62. The fourth-order valence-electron chi connectivity index (χ4n) is 4.21. The molecule has 7 nitrogen and oxygen atoms in total. The van der Waals surface area contributed by atoms with E-state index in [9.17, 15) is 9.59 Å². The average molecular weight is 507 g/mol. The number of methoxy groups -OCH3 is 1. The predicted octanol–water partition coefficient (Wildman–Crippen LogP) is 3.90. The van der Waals surface area contributed by atoms with E-state index in [0.717, 1.165) is 23.3 Å². The van der Waals surface area contributed by atoms with Crippen LogP contribution in [0.3, 0.4) is 0 Å². The number of rotatable bonds is 8. The van der Waals surface area contributed by atoms with Crippen molar-refractivity contribution < 1.29 is 19.0 Å². The number of aryl methyl sites for hydroxylation is 1. The number of esters is 1. The van der Waals surface area contributed by atoms with Gasteiger partial charge in [0.05, 0.1) is 36.1 Å². The van der Waals surface area contributed by atoms with Crippen molar-refractivity contribution >= 4 is 23.4 Å². The van der Waals surface area contributed by atoms with Crippen LogP contribution in [0.1, 0.15) is 49.9 Å². The maximum absolute atomic E-state index is 13.8. The number of para-hydroxylation sites is 1. The highest BCUT2D eigenvalue weighted by Gasteiger charge is 2.35. The molecular formula is C28H30N2O5S. The third-order valence-electron chi connectivity index (χ3n) is 5.92. The first-order valence-corrected chi connectivity index (χ1v) is 12.8. The van der Waals surface area contributed by atoms with Crippen LogP contribution in [0.4, 0.5) is 0 Å². The number of hydrogen-bond donors (Lipinski definition) is 0. The van der Waals surface area contributed by atoms with E-state index < -0.39 is 12.0 Å². The summed E-state index contributed by atoms with van der Waals surface area (Å²) in [5, 5.41) is 0. The number of ether oxygens (including phenoxy) is 3. The largest absolute Gasteiger partial charge is 0.496 e. The van der Waals surface area contributed by atoms with Crippen LogP contribution in [0, 0.1) is 6.92 Å². The highest BCUT2D eigenvalue weighted by Crippen LogP contribution is 2.36. The number of benzene rings is 2. The first-order valence-electron chi connectivity index (χ1n) is 12.0. The highest BCUT2D eigenvalue weighted by molar-refractivity contribution is 7.07. The van der Waals surface area contributed by atoms with Gasteiger partial charge in [0.1, 0.15) is 17.5 Å². The molecule has 2 heterocycles. The first-order chi connectivity index (χ1) is 17.4. The summed E-state index contributed by atoms with van der Waals surface area (Å²) in [6.45, 7) is 8.26. The molecule has 0 amide bonds. The molecule has 1 aliphatic rings. The Morgan fingerprint density at radius 2 is 1.92 bits per heavy atom. The summed E-state index contributed by atoms with van der Waals surface area (Å²) in [6, 6.07) is 12.6. The van der Waals surface area contributed by atoms with Crippen LogP contribution < -0.4 is 24.4 Å². The van der Waals surface area contributed by atoms with Gasteiger partial charge in [-0.1, -0.05) is 48.6 Å². The van der Waals surface area contributed by atoms with E-state index in [4.69, 9.17) is 14.2 Å². The maximum Gasteiger partial charge on any atom is 0.338 e. The molecule has 1 aliphatic heterocycles. The smallest absolute Gasteiger partial charge is 0.338 e. The zero-order chi connectivity index (χ0) is 25.8. The number of fused-ring (bicyclic) bond motifs is 1. The standard InChI is InChI=1S/C28H30N2O5S/c1-6-14-35-21-11-9-8-10-20(21)25-24(27(32)34-7-2)18(4)29-28-30(25)26(31)23(36-28)16-19-13-12-17(3)22(15-19)33-5/h8-13,15-16,25H,6-7,14H2,1-5H3/t25-/m0/s1. The van der Waals surface area contributed by atoms with Crippen molar-refractivity contribution in [2.24, 2.45) is 4.99 Å². The van der Waals surface area contributed by atoms with E-state index in [1.54, 1.807) is 25.5 Å². The summed E-state index contributed by atoms with van der Waals surface area (Å²) in [4.78, 5) is 32.1. The Hall–Kier alpha value is -3.65. The van der Waals surface area contributed by atoms with Crippen molar-refractivity contribution in [3.8, 4) is 11.5 Å². The predicted molar refractivity (Wildman–Crippen MR) is 140 cm³/mol. The maximum atomic E-state index is 13.8. The lowest BCUT2D eigenvalue weighted by Gasteiger charge is -2.26. The Balaban J connectivity index is 1.95. The van der Waals surface area contributed by atoms with Gasteiger partial charge in [0.25, 0.3) is 5.56 Å². The van der Waals surface area contributed by atoms with Gasteiger partial charge in [-0.05, 0) is 56.5 Å². The van der Waals surface area contributed by atoms with Gasteiger partial charge in [-0.3, -0.25) is 9.36 Å². The number of aromatic nitrogens is 1. The van der Waals surface area contributed by atoms with Crippen LogP contribution in [0.25, 0.3) is 6.08 Å². The number of allylic oxidation sites excluding steroid dienone is 1. The van der Waals surface area contributed by atoms with E-state index in [-0.39, 0.29) is 12.2 Å². The Bertz CT molecular complexity index is 1500. The van der Waals surface area contributed by atoms with Crippen LogP contribution in [0.2, 0.25) is 0 Å². The number of carbonyl (C=O) groups excluding carboxylic acids is 1. The van der Waals surface area contributed by atoms with Gasteiger partial charge in [0.15, 0.2) is 4.80 Å². The second-order valence-corrected chi connectivity index (χ2v) is 9.43. The first kappa shape index (κ1) is 25.4. The molecule has 0 radical (unpaired) electrons. The molecule has 188 valence electrons. The van der Waals surface area contributed by atoms with Gasteiger partial charge in [0, 0.05) is 5.56 Å². The molecule has 0 spiro atoms. The molecule has 1 atom stereocenters. The van der Waals surface area contributed by atoms with E-state index in [1.807, 2.05) is 62.4 Å². The van der Waals surface area contributed by atoms with E-state index >= 15 is 0 Å². The normalized spacial score (nSPS) is 15.4. The van der Waals surface area contributed by atoms with Crippen molar-refractivity contribution in [2.45, 2.75) is 40.2 Å². The van der Waals surface area contributed by atoms with Crippen molar-refractivity contribution in [1.82, 2.24) is 4.57 Å². The lowest BCUT2D eigenvalue weighted by molar-refractivity contribution is -0.139. The molecule has 36 heavy (non-hydrogen) atoms. The molecule has 8 heteroatoms. The van der Waals surface area contributed by atoms with Gasteiger partial charge < -0.3 is 14.2 Å². The SMILES string of the molecule is CCCOc1ccccc1[C@H]1C(C(=O)OCC)=C(C)N=c2sc(=Cc3ccc(C)c(OC)c3)c(=O)n21. The van der Waals surface area contributed by atoms with Gasteiger partial charge >= 0.3 is 5.97 Å². The molecule has 0 saturated carbocycles. The van der Waals surface area contributed by atoms with E-state index in [0.29, 0.717) is 38.5 Å². The molecule has 3 aromatic rings. The van der Waals surface area contributed by atoms with Crippen molar-refractivity contribution in [2.75, 3.05) is 20.3 Å². The molecule has 0 aliphatic carbocycles. The molecular weight excluding hydrogens is 476 g/mol. The summed E-state index contributed by atoms with van der Waals surface area (Å²) in [6.07, 6.45) is 2.66. The lowest BCUT2D eigenvalue weighted by Crippen LogP contribution is -2.40. The topological polar surface area (TPSA) is 79.1 Å². The zero-order valence-corrected chi connectivity index (χ0v) is 22.0. The summed E-state index contributed by atoms with van der Waals surface area (Å²) >= 11 is 1.29. The van der Waals surface area contributed by atoms with Gasteiger partial charge in [-0.2, -0.15) is 0 Å². The molecule has 0 N–H and O–H groups in total. The van der Waals surface area contributed by atoms with Crippen molar-refractivity contribution in [3.63, 3.8) is 0 Å². The van der Waals surface area contributed by atoms with Gasteiger partial charge in [0.2, 0.25) is 0 Å². The second-order valence-electron chi connectivity index (χ2n) is 8.42. The fraction of sp³-hybridized carbons (Fsp3) is 0.321. The number of nitrogens with zero attached hydrogens (tertiary/aromatic N) is 2. The summed E-state index contributed by atoms with van der Waals surface area (Å²) < 4.78 is 18.9. The highest BCUT2D eigenvalue weighted by atomic mass is 32.1. The van der Waals surface area contributed by atoms with Crippen LogP contribution >= 0.6 is 11.3 Å². The molecule has 0 saturated heterocycles. The molecule has 2 aromatic carbocycles. The number of carbonyl (C=O) groups is 1. The summed E-state index contributed by atoms with van der Waals surface area (Å²) in [5.41, 5.74) is 3.19. The molecule has 0 unspecified atom stereocenters. The molecule has 1 aromatic heterocycles. The van der Waals surface area contributed by atoms with Gasteiger partial charge in [-0.25, -0.2) is 9.79 Å². The molecule has 0 bridgehead atoms. The Morgan fingerprint density at radius 1 is 1.14 bits per heavy atom. The Morgan fingerprint density at radius 3 is 2.64 bits per heavy atom. The second kappa shape index (κ2) is 11.0. The third-order valence-corrected chi connectivity index (χ3v) is 6.91. The monoisotopic (exact) mass is 506 g/mol. The minimum absolute atomic E-state index is 0.218. The fourth-order valence-corrected chi connectivity index (χ4v) is 5.26. The molecule has 4 rings (SSSR count). The molecule has 0 fully saturated rings. The number of hydrogen-bond acceptors (Lipinski definition) is 7. The Labute approximate surface area is 214 Å².